The van der Waals surface area contributed by atoms with Crippen molar-refractivity contribution in [3.05, 3.63) is 48.2 Å². The first-order chi connectivity index (χ1) is 13.7. The predicted molar refractivity (Wildman–Crippen MR) is 111 cm³/mol. The summed E-state index contributed by atoms with van der Waals surface area (Å²) < 4.78 is 0. The second kappa shape index (κ2) is 6.85. The van der Waals surface area contributed by atoms with E-state index in [0.717, 1.165) is 62.3 Å². The molecule has 0 aliphatic carbocycles. The molecule has 3 aromatic rings. The van der Waals surface area contributed by atoms with Crippen LogP contribution in [-0.2, 0) is 12.0 Å². The SMILES string of the molecule is CC(C)CN1CCc2[nH]cnc2C12CCN(c1cnc3ccccc3n1)CC2. The zero-order valence-corrected chi connectivity index (χ0v) is 16.7. The van der Waals surface area contributed by atoms with E-state index >= 15 is 0 Å². The van der Waals surface area contributed by atoms with Crippen LogP contribution in [0.25, 0.3) is 11.0 Å². The molecular formula is C22H28N6. The topological polar surface area (TPSA) is 60.9 Å². The van der Waals surface area contributed by atoms with E-state index in [-0.39, 0.29) is 5.54 Å². The Morgan fingerprint density at radius 2 is 1.86 bits per heavy atom. The average molecular weight is 377 g/mol. The van der Waals surface area contributed by atoms with Gasteiger partial charge in [0.1, 0.15) is 5.82 Å². The molecular weight excluding hydrogens is 348 g/mol. The smallest absolute Gasteiger partial charge is 0.147 e. The van der Waals surface area contributed by atoms with Crippen LogP contribution in [0.5, 0.6) is 0 Å². The summed E-state index contributed by atoms with van der Waals surface area (Å²) in [6.07, 6.45) is 7.03. The molecule has 2 aliphatic rings. The monoisotopic (exact) mass is 376 g/mol. The van der Waals surface area contributed by atoms with Crippen molar-refractivity contribution < 1.29 is 0 Å². The summed E-state index contributed by atoms with van der Waals surface area (Å²) >= 11 is 0. The number of anilines is 1. The zero-order valence-electron chi connectivity index (χ0n) is 16.7. The van der Waals surface area contributed by atoms with Gasteiger partial charge in [0, 0.05) is 38.3 Å². The lowest BCUT2D eigenvalue weighted by molar-refractivity contribution is 0.0341. The number of nitrogens with one attached hydrogen (secondary N) is 1. The molecule has 1 fully saturated rings. The van der Waals surface area contributed by atoms with Gasteiger partial charge in [-0.25, -0.2) is 9.97 Å². The number of fused-ring (bicyclic) bond motifs is 3. The first-order valence-electron chi connectivity index (χ1n) is 10.4. The van der Waals surface area contributed by atoms with E-state index in [1.54, 1.807) is 0 Å². The van der Waals surface area contributed by atoms with Gasteiger partial charge in [-0.1, -0.05) is 26.0 Å². The molecule has 2 aliphatic heterocycles. The molecule has 6 heteroatoms. The van der Waals surface area contributed by atoms with Crippen molar-refractivity contribution >= 4 is 16.9 Å². The van der Waals surface area contributed by atoms with Crippen molar-refractivity contribution in [2.45, 2.75) is 38.6 Å². The summed E-state index contributed by atoms with van der Waals surface area (Å²) in [5.41, 5.74) is 4.59. The number of aromatic amines is 1. The van der Waals surface area contributed by atoms with Gasteiger partial charge in [0.05, 0.1) is 34.8 Å². The highest BCUT2D eigenvalue weighted by Crippen LogP contribution is 2.43. The lowest BCUT2D eigenvalue weighted by Crippen LogP contribution is -2.57. The molecule has 5 rings (SSSR count). The Labute approximate surface area is 166 Å². The fourth-order valence-corrected chi connectivity index (χ4v) is 4.99. The van der Waals surface area contributed by atoms with Crippen LogP contribution in [0, 0.1) is 5.92 Å². The van der Waals surface area contributed by atoms with Gasteiger partial charge in [0.15, 0.2) is 0 Å². The lowest BCUT2D eigenvalue weighted by atomic mass is 9.78. The van der Waals surface area contributed by atoms with Crippen molar-refractivity contribution in [1.82, 2.24) is 24.8 Å². The van der Waals surface area contributed by atoms with Crippen molar-refractivity contribution in [2.75, 3.05) is 31.1 Å². The van der Waals surface area contributed by atoms with Crippen LogP contribution in [0.3, 0.4) is 0 Å². The van der Waals surface area contributed by atoms with Gasteiger partial charge in [-0.05, 0) is 30.9 Å². The largest absolute Gasteiger partial charge is 0.355 e. The molecule has 28 heavy (non-hydrogen) atoms. The third kappa shape index (κ3) is 2.87. The van der Waals surface area contributed by atoms with Crippen LogP contribution in [0.2, 0.25) is 0 Å². The average Bonchev–Trinajstić information content (AvgIpc) is 3.20. The molecule has 4 heterocycles. The molecule has 0 atom stereocenters. The Balaban J connectivity index is 1.42. The molecule has 1 saturated heterocycles. The number of nitrogens with zero attached hydrogens (tertiary/aromatic N) is 5. The summed E-state index contributed by atoms with van der Waals surface area (Å²) in [5, 5.41) is 0. The molecule has 146 valence electrons. The third-order valence-corrected chi connectivity index (χ3v) is 6.33. The number of H-pyrrole nitrogens is 1. The van der Waals surface area contributed by atoms with E-state index < -0.39 is 0 Å². The normalized spacial score (nSPS) is 19.5. The van der Waals surface area contributed by atoms with Gasteiger partial charge in [0.25, 0.3) is 0 Å². The van der Waals surface area contributed by atoms with Crippen LogP contribution in [0.4, 0.5) is 5.82 Å². The number of aromatic nitrogens is 4. The Morgan fingerprint density at radius 3 is 2.64 bits per heavy atom. The van der Waals surface area contributed by atoms with Crippen LogP contribution < -0.4 is 4.90 Å². The van der Waals surface area contributed by atoms with Gasteiger partial charge in [-0.3, -0.25) is 9.88 Å². The molecule has 1 spiro atoms. The van der Waals surface area contributed by atoms with E-state index in [1.807, 2.05) is 36.8 Å². The minimum absolute atomic E-state index is 0.0542. The first kappa shape index (κ1) is 17.6. The van der Waals surface area contributed by atoms with Crippen molar-refractivity contribution in [3.63, 3.8) is 0 Å². The van der Waals surface area contributed by atoms with E-state index in [2.05, 4.69) is 33.6 Å². The highest BCUT2D eigenvalue weighted by molar-refractivity contribution is 5.75. The van der Waals surface area contributed by atoms with Gasteiger partial charge >= 0.3 is 0 Å². The number of hydrogen-bond donors (Lipinski definition) is 1. The minimum Gasteiger partial charge on any atom is -0.355 e. The van der Waals surface area contributed by atoms with Gasteiger partial charge in [0.2, 0.25) is 0 Å². The number of para-hydroxylation sites is 2. The predicted octanol–water partition coefficient (Wildman–Crippen LogP) is 3.36. The number of imidazole rings is 1. The number of piperidine rings is 1. The Kier molecular flexibility index (Phi) is 4.31. The third-order valence-electron chi connectivity index (χ3n) is 6.33. The van der Waals surface area contributed by atoms with Gasteiger partial charge in [-0.2, -0.15) is 0 Å². The van der Waals surface area contributed by atoms with Crippen LogP contribution in [0.15, 0.2) is 36.8 Å². The summed E-state index contributed by atoms with van der Waals surface area (Å²) in [5.74, 6) is 1.64. The maximum Gasteiger partial charge on any atom is 0.147 e. The molecule has 2 aromatic heterocycles. The number of hydrogen-bond acceptors (Lipinski definition) is 5. The van der Waals surface area contributed by atoms with E-state index in [0.29, 0.717) is 5.92 Å². The maximum absolute atomic E-state index is 4.86. The number of benzene rings is 1. The molecule has 0 bridgehead atoms. The van der Waals surface area contributed by atoms with Crippen molar-refractivity contribution in [1.29, 1.82) is 0 Å². The molecule has 1 N–H and O–H groups in total. The van der Waals surface area contributed by atoms with E-state index in [4.69, 9.17) is 9.97 Å². The van der Waals surface area contributed by atoms with Crippen molar-refractivity contribution in [3.8, 4) is 0 Å². The van der Waals surface area contributed by atoms with Crippen LogP contribution in [0.1, 0.15) is 38.1 Å². The molecule has 1 aromatic carbocycles. The quantitative estimate of drug-likeness (QED) is 0.759. The fraction of sp³-hybridized carbons (Fsp3) is 0.500. The standard InChI is InChI=1S/C22H28N6/c1-16(2)14-28-10-7-19-21(25-15-24-19)22(28)8-11-27(12-9-22)20-13-23-17-5-3-4-6-18(17)26-20/h3-6,13,15-16H,7-12,14H2,1-2H3,(H,24,25). The first-order valence-corrected chi connectivity index (χ1v) is 10.4. The Bertz CT molecular complexity index is 970. The number of rotatable bonds is 3. The van der Waals surface area contributed by atoms with E-state index in [1.165, 1.54) is 11.4 Å². The second-order valence-corrected chi connectivity index (χ2v) is 8.56. The highest BCUT2D eigenvalue weighted by Gasteiger charge is 2.46. The van der Waals surface area contributed by atoms with Crippen LogP contribution in [-0.4, -0.2) is 51.0 Å². The summed E-state index contributed by atoms with van der Waals surface area (Å²) in [4.78, 5) is 22.7. The molecule has 0 saturated carbocycles. The summed E-state index contributed by atoms with van der Waals surface area (Å²) in [7, 11) is 0. The van der Waals surface area contributed by atoms with Crippen LogP contribution >= 0.6 is 0 Å². The summed E-state index contributed by atoms with van der Waals surface area (Å²) in [6.45, 7) is 8.83. The Hall–Kier alpha value is -2.47. The van der Waals surface area contributed by atoms with Gasteiger partial charge < -0.3 is 9.88 Å². The second-order valence-electron chi connectivity index (χ2n) is 8.56. The Morgan fingerprint density at radius 1 is 1.07 bits per heavy atom. The van der Waals surface area contributed by atoms with Crippen molar-refractivity contribution in [2.24, 2.45) is 5.92 Å². The van der Waals surface area contributed by atoms with E-state index in [9.17, 15) is 0 Å². The maximum atomic E-state index is 4.86. The summed E-state index contributed by atoms with van der Waals surface area (Å²) in [6, 6.07) is 8.09. The highest BCUT2D eigenvalue weighted by atomic mass is 15.3. The lowest BCUT2D eigenvalue weighted by Gasteiger charge is -2.51. The van der Waals surface area contributed by atoms with Gasteiger partial charge in [-0.15, -0.1) is 0 Å². The molecule has 0 amide bonds. The minimum atomic E-state index is 0.0542. The molecule has 6 nitrogen and oxygen atoms in total. The zero-order chi connectivity index (χ0) is 19.1. The molecule has 0 unspecified atom stereocenters. The fourth-order valence-electron chi connectivity index (χ4n) is 4.99. The molecule has 0 radical (unpaired) electrons.